The quantitative estimate of drug-likeness (QED) is 0.345. The van der Waals surface area contributed by atoms with Gasteiger partial charge in [0.25, 0.3) is 0 Å². The van der Waals surface area contributed by atoms with Crippen molar-refractivity contribution in [3.63, 3.8) is 0 Å². The number of rotatable bonds is 9. The molecule has 0 aromatic carbocycles. The normalized spacial score (nSPS) is 13.6. The van der Waals surface area contributed by atoms with E-state index in [1.807, 2.05) is 0 Å². The summed E-state index contributed by atoms with van der Waals surface area (Å²) in [6.07, 6.45) is 15.6. The van der Waals surface area contributed by atoms with Crippen LogP contribution in [0.4, 0.5) is 0 Å². The van der Waals surface area contributed by atoms with Gasteiger partial charge in [-0.05, 0) is 18.8 Å². The highest BCUT2D eigenvalue weighted by Gasteiger charge is 2.04. The third kappa shape index (κ3) is 8.34. The minimum absolute atomic E-state index is 0.953. The predicted molar refractivity (Wildman–Crippen MR) is 66.6 cm³/mol. The van der Waals surface area contributed by atoms with Gasteiger partial charge in [-0.3, -0.25) is 0 Å². The van der Waals surface area contributed by atoms with Crippen LogP contribution in [0.15, 0.2) is 12.2 Å². The second kappa shape index (κ2) is 10.8. The van der Waals surface area contributed by atoms with Crippen LogP contribution < -0.4 is 0 Å². The molecule has 0 rings (SSSR count). The van der Waals surface area contributed by atoms with E-state index in [1.54, 1.807) is 0 Å². The molecule has 1 atom stereocenters. The summed E-state index contributed by atoms with van der Waals surface area (Å²) in [6, 6.07) is 0. The molecule has 0 aliphatic heterocycles. The zero-order valence-electron chi connectivity index (χ0n) is 10.4. The highest BCUT2D eigenvalue weighted by Crippen LogP contribution is 2.19. The van der Waals surface area contributed by atoms with Crippen molar-refractivity contribution >= 4 is 0 Å². The Bertz CT molecular complexity index is 124. The van der Waals surface area contributed by atoms with Gasteiger partial charge in [-0.2, -0.15) is 0 Å². The highest BCUT2D eigenvalue weighted by atomic mass is 14.1. The van der Waals surface area contributed by atoms with Crippen LogP contribution in [0.2, 0.25) is 0 Å². The van der Waals surface area contributed by atoms with Crippen LogP contribution >= 0.6 is 0 Å². The fourth-order valence-corrected chi connectivity index (χ4v) is 1.93. The van der Waals surface area contributed by atoms with Gasteiger partial charge in [0.1, 0.15) is 0 Å². The molecule has 0 aromatic heterocycles. The zero-order chi connectivity index (χ0) is 10.6. The third-order valence-electron chi connectivity index (χ3n) is 2.78. The summed E-state index contributed by atoms with van der Waals surface area (Å²) in [5, 5.41) is 0. The Morgan fingerprint density at radius 1 is 0.857 bits per heavy atom. The van der Waals surface area contributed by atoms with E-state index in [0.29, 0.717) is 0 Å². The van der Waals surface area contributed by atoms with Gasteiger partial charge in [0.05, 0.1) is 0 Å². The third-order valence-corrected chi connectivity index (χ3v) is 2.78. The Kier molecular flexibility index (Phi) is 10.6. The van der Waals surface area contributed by atoms with Crippen LogP contribution in [-0.4, -0.2) is 0 Å². The molecule has 0 aliphatic carbocycles. The molecule has 0 heteroatoms. The molecule has 0 heterocycles. The molecule has 0 N–H and O–H groups in total. The van der Waals surface area contributed by atoms with E-state index >= 15 is 0 Å². The first-order chi connectivity index (χ1) is 6.85. The molecule has 0 aliphatic rings. The summed E-state index contributed by atoms with van der Waals surface area (Å²) in [6.45, 7) is 6.80. The molecule has 0 fully saturated rings. The standard InChI is InChI=1S/C14H28/c1-4-7-9-12-14(11-6-3)13-10-8-5-2/h7,9,14H,4-6,8,10-13H2,1-3H3/b9-7+. The summed E-state index contributed by atoms with van der Waals surface area (Å²) in [5.41, 5.74) is 0. The van der Waals surface area contributed by atoms with Crippen molar-refractivity contribution in [2.75, 3.05) is 0 Å². The highest BCUT2D eigenvalue weighted by molar-refractivity contribution is 4.82. The molecule has 0 nitrogen and oxygen atoms in total. The molecule has 84 valence electrons. The van der Waals surface area contributed by atoms with E-state index in [-0.39, 0.29) is 0 Å². The number of allylic oxidation sites excluding steroid dienone is 2. The Labute approximate surface area is 90.8 Å². The van der Waals surface area contributed by atoms with Crippen molar-refractivity contribution in [2.24, 2.45) is 5.92 Å². The Morgan fingerprint density at radius 3 is 2.21 bits per heavy atom. The molecule has 0 amide bonds. The zero-order valence-corrected chi connectivity index (χ0v) is 10.4. The first-order valence-electron chi connectivity index (χ1n) is 6.50. The van der Waals surface area contributed by atoms with Gasteiger partial charge < -0.3 is 0 Å². The molecule has 0 saturated heterocycles. The molecular formula is C14H28. The van der Waals surface area contributed by atoms with Gasteiger partial charge in [0.2, 0.25) is 0 Å². The Balaban J connectivity index is 3.59. The van der Waals surface area contributed by atoms with Gasteiger partial charge in [-0.25, -0.2) is 0 Å². The summed E-state index contributed by atoms with van der Waals surface area (Å²) >= 11 is 0. The largest absolute Gasteiger partial charge is 0.0888 e. The Hall–Kier alpha value is -0.260. The van der Waals surface area contributed by atoms with Gasteiger partial charge in [-0.1, -0.05) is 71.4 Å². The summed E-state index contributed by atoms with van der Waals surface area (Å²) in [5.74, 6) is 0.953. The summed E-state index contributed by atoms with van der Waals surface area (Å²) in [4.78, 5) is 0. The minimum Gasteiger partial charge on any atom is -0.0888 e. The predicted octanol–water partition coefficient (Wildman–Crippen LogP) is 5.34. The van der Waals surface area contributed by atoms with E-state index in [0.717, 1.165) is 5.92 Å². The van der Waals surface area contributed by atoms with Crippen LogP contribution in [0.3, 0.4) is 0 Å². The van der Waals surface area contributed by atoms with Gasteiger partial charge in [0.15, 0.2) is 0 Å². The fraction of sp³-hybridized carbons (Fsp3) is 0.857. The molecule has 0 saturated carbocycles. The molecule has 0 radical (unpaired) electrons. The maximum atomic E-state index is 2.38. The van der Waals surface area contributed by atoms with Gasteiger partial charge in [0, 0.05) is 0 Å². The van der Waals surface area contributed by atoms with E-state index in [4.69, 9.17) is 0 Å². The molecular weight excluding hydrogens is 168 g/mol. The minimum atomic E-state index is 0.953. The van der Waals surface area contributed by atoms with Crippen LogP contribution in [0, 0.1) is 5.92 Å². The molecule has 0 aromatic rings. The molecule has 14 heavy (non-hydrogen) atoms. The Morgan fingerprint density at radius 2 is 1.64 bits per heavy atom. The monoisotopic (exact) mass is 196 g/mol. The topological polar surface area (TPSA) is 0 Å². The van der Waals surface area contributed by atoms with E-state index in [9.17, 15) is 0 Å². The first-order valence-corrected chi connectivity index (χ1v) is 6.50. The van der Waals surface area contributed by atoms with Crippen LogP contribution in [0.5, 0.6) is 0 Å². The van der Waals surface area contributed by atoms with Crippen molar-refractivity contribution in [1.82, 2.24) is 0 Å². The van der Waals surface area contributed by atoms with Crippen molar-refractivity contribution in [1.29, 1.82) is 0 Å². The smallest absolute Gasteiger partial charge is 0.0322 e. The lowest BCUT2D eigenvalue weighted by Gasteiger charge is -2.13. The van der Waals surface area contributed by atoms with Gasteiger partial charge >= 0.3 is 0 Å². The van der Waals surface area contributed by atoms with Crippen molar-refractivity contribution in [3.8, 4) is 0 Å². The van der Waals surface area contributed by atoms with Crippen molar-refractivity contribution in [2.45, 2.75) is 72.1 Å². The summed E-state index contributed by atoms with van der Waals surface area (Å²) < 4.78 is 0. The fourth-order valence-electron chi connectivity index (χ4n) is 1.93. The van der Waals surface area contributed by atoms with Crippen LogP contribution in [-0.2, 0) is 0 Å². The molecule has 0 bridgehead atoms. The van der Waals surface area contributed by atoms with Crippen molar-refractivity contribution in [3.05, 3.63) is 12.2 Å². The average molecular weight is 196 g/mol. The second-order valence-electron chi connectivity index (χ2n) is 4.27. The lowest BCUT2D eigenvalue weighted by Crippen LogP contribution is -1.98. The van der Waals surface area contributed by atoms with Crippen molar-refractivity contribution < 1.29 is 0 Å². The average Bonchev–Trinajstić information content (AvgIpc) is 2.18. The second-order valence-corrected chi connectivity index (χ2v) is 4.27. The summed E-state index contributed by atoms with van der Waals surface area (Å²) in [7, 11) is 0. The maximum absolute atomic E-state index is 2.38. The number of hydrogen-bond acceptors (Lipinski definition) is 0. The van der Waals surface area contributed by atoms with E-state index < -0.39 is 0 Å². The lowest BCUT2D eigenvalue weighted by molar-refractivity contribution is 0.428. The lowest BCUT2D eigenvalue weighted by atomic mass is 9.93. The van der Waals surface area contributed by atoms with Crippen LogP contribution in [0.25, 0.3) is 0 Å². The van der Waals surface area contributed by atoms with Crippen LogP contribution in [0.1, 0.15) is 72.1 Å². The molecule has 0 spiro atoms. The van der Waals surface area contributed by atoms with Gasteiger partial charge in [-0.15, -0.1) is 0 Å². The number of unbranched alkanes of at least 4 members (excludes halogenated alkanes) is 2. The number of hydrogen-bond donors (Lipinski definition) is 0. The molecule has 1 unspecified atom stereocenters. The van der Waals surface area contributed by atoms with E-state index in [2.05, 4.69) is 32.9 Å². The van der Waals surface area contributed by atoms with E-state index in [1.165, 1.54) is 51.4 Å². The first kappa shape index (κ1) is 13.7. The maximum Gasteiger partial charge on any atom is -0.0322 e. The SMILES string of the molecule is CC/C=C/CC(CCC)CCCCC.